The van der Waals surface area contributed by atoms with Crippen molar-refractivity contribution in [3.05, 3.63) is 78.4 Å². The number of aliphatic hydroxyl groups excluding tert-OH is 2. The normalized spacial score (nSPS) is 19.9. The van der Waals surface area contributed by atoms with Crippen LogP contribution in [0.15, 0.2) is 67.3 Å². The minimum atomic E-state index is -5.68. The average Bonchev–Trinajstić information content (AvgIpc) is 1.61. The maximum Gasteiger partial charge on any atom is 0.481 e. The number of fused-ring (bicyclic) bond motifs is 1. The Morgan fingerprint density at radius 1 is 0.713 bits per heavy atom. The average molecular weight is 2100 g/mol. The van der Waals surface area contributed by atoms with Crippen LogP contribution in [0.1, 0.15) is 171 Å². The Labute approximate surface area is 832 Å². The molecule has 3 saturated heterocycles. The summed E-state index contributed by atoms with van der Waals surface area (Å²) in [5.41, 5.74) is 10.9. The summed E-state index contributed by atoms with van der Waals surface area (Å²) in [6, 6.07) is 7.20. The molecule has 798 valence electrons. The van der Waals surface area contributed by atoms with E-state index < -0.39 is 233 Å². The van der Waals surface area contributed by atoms with Crippen molar-refractivity contribution >= 4 is 141 Å². The Kier molecular flexibility index (Phi) is 46.3. The van der Waals surface area contributed by atoms with E-state index in [1.165, 1.54) is 52.1 Å². The number of aliphatic hydroxyl groups is 2. The lowest BCUT2D eigenvalue weighted by molar-refractivity contribution is -0.148. The third kappa shape index (κ3) is 35.5. The number of likely N-dealkylation sites (tertiary alicyclic amines) is 2. The Hall–Kier alpha value is -10.3. The number of phosphoric acid groups is 3. The number of anilines is 2. The molecule has 5 heterocycles. The van der Waals surface area contributed by atoms with Gasteiger partial charge in [-0.05, 0) is 85.5 Å². The zero-order valence-corrected chi connectivity index (χ0v) is 86.3. The number of amides is 14. The standard InChI is InChI=1S/C89H139N18O32P3S/c1-16-52(8)71(60(132-14)42-65(110)105-39-24-28-59(105)73(133-15)53(9)78(114)100-58(86(121)122)41-54-25-19-17-20-26-54)103(12)84(120)68(50(4)5)102-81(117)70(51(6)7)104(13)88(124)134-44-55-30-32-56(33-31-55)98-79(115)57(27-23-35-94-87(91)123)99-80(116)67(49(2)3)101-64(109)29-21-18-22-38-106-66(111)43-62(83(106)119)143-40-37-92-63(108)34-36-93-82(118)75(113)89(10,11)46-136-142(130,131)139-141(128,129)135-45-61-74(138-140(125,126)127)72(112)85(137-61)107-48-97-69-76(90)95-47-96-77(69)107/h17,19-20,25-26,30-33,47-53,57-62,67-68,70-75,85,112-113H,16,18,21-24,27-29,34-46H2,1-15H3,(H,92,108)(H,93,118)(H,98,115)(H,99,116)(H,100,114)(H,101,109)(H,102,117)(H,121,122)(H,128,129)(H,130,131)(H2,90,95,96)(H3,91,94,123)(H2,125,126,127). The van der Waals surface area contributed by atoms with E-state index in [0.29, 0.717) is 50.6 Å². The van der Waals surface area contributed by atoms with Crippen molar-refractivity contribution in [2.24, 2.45) is 40.7 Å². The van der Waals surface area contributed by atoms with Crippen molar-refractivity contribution in [1.82, 2.24) is 76.3 Å². The summed E-state index contributed by atoms with van der Waals surface area (Å²) < 4.78 is 80.8. The van der Waals surface area contributed by atoms with E-state index in [4.69, 9.17) is 39.5 Å². The lowest BCUT2D eigenvalue weighted by atomic mass is 9.87. The Morgan fingerprint density at radius 3 is 2.00 bits per heavy atom. The van der Waals surface area contributed by atoms with Gasteiger partial charge in [0.25, 0.3) is 0 Å². The molecule has 14 amide bonds. The second-order valence-electron chi connectivity index (χ2n) is 37.1. The molecule has 0 saturated carbocycles. The van der Waals surface area contributed by atoms with Crippen LogP contribution in [-0.2, 0) is 121 Å². The smallest absolute Gasteiger partial charge is 0.480 e. The predicted molar refractivity (Wildman–Crippen MR) is 515 cm³/mol. The number of hydrogen-bond donors (Lipinski definition) is 17. The molecule has 2 aromatic heterocycles. The lowest BCUT2D eigenvalue weighted by Crippen LogP contribution is -2.60. The fraction of sp³-hybridized carbons (Fsp3) is 0.652. The maximum atomic E-state index is 14.9. The molecule has 19 N–H and O–H groups in total. The number of methoxy groups -OCH3 is 2. The van der Waals surface area contributed by atoms with Gasteiger partial charge in [-0.25, -0.2) is 43.0 Å². The van der Waals surface area contributed by atoms with Gasteiger partial charge in [0.2, 0.25) is 65.0 Å². The van der Waals surface area contributed by atoms with Gasteiger partial charge in [-0.2, -0.15) is 4.31 Å². The first kappa shape index (κ1) is 120. The van der Waals surface area contributed by atoms with E-state index in [1.54, 1.807) is 103 Å². The number of unbranched alkanes of at least 4 members (excludes halogenated alkanes) is 2. The van der Waals surface area contributed by atoms with E-state index in [1.807, 2.05) is 13.8 Å². The SMILES string of the molecule is CCC(C)C(C(CC(=O)N1CCCC1C(OC)C(C)C(=O)NC(Cc1ccccc1)C(=O)O)OC)N(C)C(=O)C(NC(=O)C(C(C)C)N(C)C(=O)OCc1ccc(NC(=O)C(CCCNC(N)=O)NC(=O)C(NC(=O)CCCCCN2C(=O)CC(SCCNC(=O)CCNC(=O)C(O)C(C)(C)COP(=O)(O)OP(=O)(O)OCC3OC(n4cnc5c(N)ncnc54)C(O)C3OP(=O)(O)O)C2=O)C(C)C)cc1)C(C)C. The molecule has 4 aromatic rings. The molecular formula is C89H139N18O32P3S. The fourth-order valence-corrected chi connectivity index (χ4v) is 20.6. The summed E-state index contributed by atoms with van der Waals surface area (Å²) in [4.78, 5) is 246. The minimum Gasteiger partial charge on any atom is -0.480 e. The molecule has 19 atom stereocenters. The first-order chi connectivity index (χ1) is 67.1. The van der Waals surface area contributed by atoms with Crippen molar-refractivity contribution in [1.29, 1.82) is 0 Å². The summed E-state index contributed by atoms with van der Waals surface area (Å²) in [5.74, 6) is -10.00. The van der Waals surface area contributed by atoms with E-state index in [0.717, 1.165) is 44.3 Å². The summed E-state index contributed by atoms with van der Waals surface area (Å²) >= 11 is 1.13. The highest BCUT2D eigenvalue weighted by atomic mass is 32.2. The molecule has 0 radical (unpaired) electrons. The number of nitrogens with zero attached hydrogens (tertiary/aromatic N) is 8. The van der Waals surface area contributed by atoms with Gasteiger partial charge in [0.1, 0.15) is 73.1 Å². The highest BCUT2D eigenvalue weighted by Gasteiger charge is 2.52. The predicted octanol–water partition coefficient (Wildman–Crippen LogP) is 3.00. The van der Waals surface area contributed by atoms with Crippen molar-refractivity contribution in [3.8, 4) is 0 Å². The molecular weight excluding hydrogens is 1960 g/mol. The number of aliphatic carboxylic acids is 1. The molecule has 3 aliphatic heterocycles. The number of nitrogens with one attached hydrogen (secondary N) is 8. The number of nitrogens with two attached hydrogens (primary N) is 2. The third-order valence-corrected chi connectivity index (χ3v) is 29.1. The molecule has 0 bridgehead atoms. The van der Waals surface area contributed by atoms with Gasteiger partial charge in [-0.1, -0.05) is 131 Å². The van der Waals surface area contributed by atoms with Crippen LogP contribution in [-0.4, -0.2) is 321 Å². The number of hydrogen-bond acceptors (Lipinski definition) is 32. The highest BCUT2D eigenvalue weighted by Crippen LogP contribution is 2.61. The Bertz CT molecular complexity index is 5160. The molecule has 0 aliphatic carbocycles. The van der Waals surface area contributed by atoms with Crippen LogP contribution in [0.2, 0.25) is 0 Å². The second-order valence-corrected chi connectivity index (χ2v) is 42.6. The molecule has 143 heavy (non-hydrogen) atoms. The summed E-state index contributed by atoms with van der Waals surface area (Å²) in [6.45, 7) is 16.0. The van der Waals surface area contributed by atoms with Crippen LogP contribution in [0.4, 0.5) is 21.1 Å². The monoisotopic (exact) mass is 2100 g/mol. The highest BCUT2D eigenvalue weighted by molar-refractivity contribution is 8.00. The van der Waals surface area contributed by atoms with Gasteiger partial charge in [-0.15, -0.1) is 11.8 Å². The number of aromatic nitrogens is 4. The number of ether oxygens (including phenoxy) is 4. The number of carbonyl (C=O) groups excluding carboxylic acids is 13. The largest absolute Gasteiger partial charge is 0.481 e. The number of urea groups is 1. The molecule has 0 spiro atoms. The first-order valence-corrected chi connectivity index (χ1v) is 52.5. The van der Waals surface area contributed by atoms with Gasteiger partial charge in [-0.3, -0.25) is 80.7 Å². The second kappa shape index (κ2) is 55.3. The molecule has 3 fully saturated rings. The number of imide groups is 1. The Balaban J connectivity index is 0.807. The molecule has 7 rings (SSSR count). The number of carboxylic acid groups (broad SMARTS) is 1. The van der Waals surface area contributed by atoms with E-state index in [9.17, 15) is 116 Å². The Morgan fingerprint density at radius 2 is 1.38 bits per heavy atom. The van der Waals surface area contributed by atoms with Gasteiger partial charge < -0.3 is 118 Å². The summed E-state index contributed by atoms with van der Waals surface area (Å²) in [5, 5.41) is 52.4. The van der Waals surface area contributed by atoms with Crippen LogP contribution in [0, 0.1) is 35.0 Å². The summed E-state index contributed by atoms with van der Waals surface area (Å²) in [6.07, 6.45) is -7.40. The number of likely N-dealkylation sites (N-methyl/N-ethyl adjacent to an activating group) is 2. The molecule has 50 nitrogen and oxygen atoms in total. The number of nitrogen functional groups attached to an aromatic ring is 1. The third-order valence-electron chi connectivity index (χ3n) is 24.8. The zero-order valence-electron chi connectivity index (χ0n) is 82.8. The number of thioether (sulfide) groups is 1. The molecule has 19 unspecified atom stereocenters. The van der Waals surface area contributed by atoms with Gasteiger partial charge in [0, 0.05) is 104 Å². The van der Waals surface area contributed by atoms with Gasteiger partial charge >= 0.3 is 41.6 Å². The summed E-state index contributed by atoms with van der Waals surface area (Å²) in [7, 11) is -10.8. The number of primary amides is 1. The molecule has 3 aliphatic rings. The fourth-order valence-electron chi connectivity index (χ4n) is 16.7. The number of carbonyl (C=O) groups is 14. The van der Waals surface area contributed by atoms with Gasteiger partial charge in [0.05, 0.1) is 61.4 Å². The molecule has 2 aromatic carbocycles. The number of rotatable bonds is 59. The maximum absolute atomic E-state index is 14.9. The number of imidazole rings is 1. The van der Waals surface area contributed by atoms with Crippen molar-refractivity contribution in [2.75, 3.05) is 91.1 Å². The molecule has 54 heteroatoms. The van der Waals surface area contributed by atoms with Crippen LogP contribution in [0.5, 0.6) is 0 Å². The topological polar surface area (TPSA) is 710 Å². The van der Waals surface area contributed by atoms with Crippen LogP contribution in [0.25, 0.3) is 11.2 Å². The number of benzene rings is 2. The van der Waals surface area contributed by atoms with Crippen LogP contribution >= 0.6 is 35.2 Å². The van der Waals surface area contributed by atoms with E-state index in [-0.39, 0.29) is 118 Å². The van der Waals surface area contributed by atoms with Crippen molar-refractivity contribution < 1.29 is 153 Å². The van der Waals surface area contributed by atoms with E-state index >= 15 is 0 Å². The number of carboxylic acids is 1. The lowest BCUT2D eigenvalue weighted by Gasteiger charge is -2.41. The quantitative estimate of drug-likeness (QED) is 0.0172. The van der Waals surface area contributed by atoms with Crippen LogP contribution in [0.3, 0.4) is 0 Å². The van der Waals surface area contributed by atoms with Crippen molar-refractivity contribution in [3.63, 3.8) is 0 Å². The minimum absolute atomic E-state index is 0.00118. The van der Waals surface area contributed by atoms with E-state index in [2.05, 4.69) is 66.3 Å². The van der Waals surface area contributed by atoms with Crippen molar-refractivity contribution in [2.45, 2.75) is 257 Å². The van der Waals surface area contributed by atoms with Gasteiger partial charge in [0.15, 0.2) is 17.7 Å². The van der Waals surface area contributed by atoms with Crippen LogP contribution < -0.4 is 54.0 Å². The number of phosphoric ester groups is 3. The first-order valence-electron chi connectivity index (χ1n) is 46.9. The zero-order chi connectivity index (χ0) is 106.